The van der Waals surface area contributed by atoms with Gasteiger partial charge in [-0.1, -0.05) is 11.8 Å². The number of amides is 1. The highest BCUT2D eigenvalue weighted by Gasteiger charge is 2.16. The van der Waals surface area contributed by atoms with Crippen LogP contribution in [0.15, 0.2) is 42.5 Å². The molecular weight excluding hydrogens is 298 g/mol. The second-order valence-electron chi connectivity index (χ2n) is 3.82. The second-order valence-corrected chi connectivity index (χ2v) is 5.15. The number of furan rings is 1. The molecule has 0 aliphatic rings. The Morgan fingerprint density at radius 1 is 1.57 bits per heavy atom. The topological polar surface area (TPSA) is 133 Å². The highest BCUT2D eigenvalue weighted by molar-refractivity contribution is 8.00. The minimum atomic E-state index is -0.704. The Hall–Kier alpha value is -2.62. The van der Waals surface area contributed by atoms with E-state index in [1.54, 1.807) is 19.1 Å². The maximum atomic E-state index is 11.8. The summed E-state index contributed by atoms with van der Waals surface area (Å²) in [6, 6.07) is 3.37. The molecule has 2 rings (SSSR count). The third-order valence-corrected chi connectivity index (χ3v) is 3.32. The maximum absolute atomic E-state index is 11.8. The van der Waals surface area contributed by atoms with E-state index in [1.807, 2.05) is 4.98 Å². The van der Waals surface area contributed by atoms with Gasteiger partial charge in [-0.25, -0.2) is 15.3 Å². The van der Waals surface area contributed by atoms with Gasteiger partial charge in [-0.2, -0.15) is 10.2 Å². The zero-order valence-electron chi connectivity index (χ0n) is 10.8. The first-order chi connectivity index (χ1) is 10.1. The highest BCUT2D eigenvalue weighted by atomic mass is 32.2. The van der Waals surface area contributed by atoms with Crippen molar-refractivity contribution in [3.8, 4) is 0 Å². The molecule has 1 unspecified atom stereocenters. The smallest absolute Gasteiger partial charge is 0.342 e. The zero-order valence-corrected chi connectivity index (χ0v) is 11.6. The summed E-state index contributed by atoms with van der Waals surface area (Å²) >= 11 is 0.901. The van der Waals surface area contributed by atoms with E-state index in [9.17, 15) is 14.4 Å². The molecule has 0 aliphatic carbocycles. The van der Waals surface area contributed by atoms with E-state index >= 15 is 0 Å². The fourth-order valence-corrected chi connectivity index (χ4v) is 2.00. The van der Waals surface area contributed by atoms with Crippen molar-refractivity contribution in [3.05, 3.63) is 45.0 Å². The van der Waals surface area contributed by atoms with Gasteiger partial charge in [0.25, 0.3) is 11.5 Å². The predicted molar refractivity (Wildman–Crippen MR) is 75.2 cm³/mol. The van der Waals surface area contributed by atoms with Gasteiger partial charge in [-0.3, -0.25) is 14.6 Å². The third-order valence-electron chi connectivity index (χ3n) is 2.25. The number of hydrogen-bond donors (Lipinski definition) is 3. The molecule has 0 bridgehead atoms. The van der Waals surface area contributed by atoms with Crippen molar-refractivity contribution >= 4 is 23.9 Å². The first-order valence-electron chi connectivity index (χ1n) is 5.78. The molecule has 2 aromatic heterocycles. The van der Waals surface area contributed by atoms with Gasteiger partial charge in [0.2, 0.25) is 0 Å². The Kier molecular flexibility index (Phi) is 4.72. The van der Waals surface area contributed by atoms with Gasteiger partial charge in [0.15, 0.2) is 5.03 Å². The number of carbonyl (C=O) groups is 1. The molecule has 9 nitrogen and oxygen atoms in total. The van der Waals surface area contributed by atoms with E-state index in [4.69, 9.17) is 4.42 Å². The Bertz CT molecular complexity index is 748. The standard InChI is InChI=1S/C11H11N5O4S/c1-6(21-10-9(18)13-11(19)16-15-10)8(17)14-12-5-7-3-2-4-20-7/h2-6H,1H3,(H,14,17)(H2,13,16,18,19)/b12-5+. The number of nitrogens with zero attached hydrogens (tertiary/aromatic N) is 2. The van der Waals surface area contributed by atoms with Crippen molar-refractivity contribution in [1.82, 2.24) is 20.6 Å². The summed E-state index contributed by atoms with van der Waals surface area (Å²) in [4.78, 5) is 36.0. The molecule has 2 heterocycles. The fraction of sp³-hybridized carbons (Fsp3) is 0.182. The van der Waals surface area contributed by atoms with Gasteiger partial charge in [0, 0.05) is 0 Å². The summed E-state index contributed by atoms with van der Waals surface area (Å²) in [5.74, 6) is 0.0737. The van der Waals surface area contributed by atoms with E-state index in [1.165, 1.54) is 12.5 Å². The molecule has 0 fully saturated rings. The summed E-state index contributed by atoms with van der Waals surface area (Å²) in [6.45, 7) is 1.58. The molecule has 3 N–H and O–H groups in total. The molecule has 10 heteroatoms. The summed E-state index contributed by atoms with van der Waals surface area (Å²) < 4.78 is 5.00. The average Bonchev–Trinajstić information content (AvgIpc) is 2.95. The number of aromatic amines is 2. The van der Waals surface area contributed by atoms with Crippen LogP contribution >= 0.6 is 11.8 Å². The van der Waals surface area contributed by atoms with Crippen molar-refractivity contribution in [2.45, 2.75) is 17.2 Å². The minimum absolute atomic E-state index is 0.00716. The zero-order chi connectivity index (χ0) is 15.2. The van der Waals surface area contributed by atoms with Gasteiger partial charge >= 0.3 is 5.69 Å². The maximum Gasteiger partial charge on any atom is 0.342 e. The Morgan fingerprint density at radius 2 is 2.38 bits per heavy atom. The normalized spacial score (nSPS) is 12.4. The van der Waals surface area contributed by atoms with Crippen LogP contribution in [0.2, 0.25) is 0 Å². The lowest BCUT2D eigenvalue weighted by atomic mass is 10.4. The van der Waals surface area contributed by atoms with Gasteiger partial charge in [-0.05, 0) is 19.1 Å². The predicted octanol–water partition coefficient (Wildman–Crippen LogP) is -0.318. The van der Waals surface area contributed by atoms with Crippen LogP contribution in [0, 0.1) is 0 Å². The van der Waals surface area contributed by atoms with Crippen LogP contribution in [0.25, 0.3) is 0 Å². The monoisotopic (exact) mass is 309 g/mol. The molecule has 0 saturated heterocycles. The molecule has 1 amide bonds. The lowest BCUT2D eigenvalue weighted by molar-refractivity contribution is -0.120. The number of thioether (sulfide) groups is 1. The van der Waals surface area contributed by atoms with E-state index in [0.717, 1.165) is 11.8 Å². The summed E-state index contributed by atoms with van der Waals surface area (Å²) in [5, 5.41) is 8.74. The first-order valence-corrected chi connectivity index (χ1v) is 6.66. The highest BCUT2D eigenvalue weighted by Crippen LogP contribution is 2.16. The molecule has 110 valence electrons. The van der Waals surface area contributed by atoms with E-state index < -0.39 is 22.4 Å². The van der Waals surface area contributed by atoms with E-state index in [2.05, 4.69) is 20.7 Å². The van der Waals surface area contributed by atoms with Crippen molar-refractivity contribution in [2.75, 3.05) is 0 Å². The average molecular weight is 309 g/mol. The number of carbonyl (C=O) groups excluding carboxylic acids is 1. The van der Waals surface area contributed by atoms with Crippen molar-refractivity contribution < 1.29 is 9.21 Å². The van der Waals surface area contributed by atoms with Gasteiger partial charge in [-0.15, -0.1) is 0 Å². The molecule has 0 radical (unpaired) electrons. The molecule has 1 atom stereocenters. The number of H-pyrrole nitrogens is 2. The van der Waals surface area contributed by atoms with Crippen LogP contribution in [0.5, 0.6) is 0 Å². The van der Waals surface area contributed by atoms with Crippen LogP contribution in [-0.2, 0) is 4.79 Å². The SMILES string of the molecule is CC(Sc1n[nH]c(=O)[nH]c1=O)C(=O)N/N=C/c1ccco1. The molecule has 0 aliphatic heterocycles. The number of nitrogens with one attached hydrogen (secondary N) is 3. The molecule has 0 saturated carbocycles. The summed E-state index contributed by atoms with van der Waals surface area (Å²) in [6.07, 6.45) is 2.83. The van der Waals surface area contributed by atoms with Gasteiger partial charge in [0.05, 0.1) is 17.7 Å². The Labute approximate surface area is 121 Å². The van der Waals surface area contributed by atoms with Crippen LogP contribution in [0.4, 0.5) is 0 Å². The largest absolute Gasteiger partial charge is 0.463 e. The van der Waals surface area contributed by atoms with Crippen LogP contribution in [0.3, 0.4) is 0 Å². The van der Waals surface area contributed by atoms with Crippen molar-refractivity contribution in [3.63, 3.8) is 0 Å². The van der Waals surface area contributed by atoms with Crippen molar-refractivity contribution in [2.24, 2.45) is 5.10 Å². The summed E-state index contributed by atoms with van der Waals surface area (Å²) in [5.41, 5.74) is 0.955. The minimum Gasteiger partial charge on any atom is -0.463 e. The molecule has 21 heavy (non-hydrogen) atoms. The quantitative estimate of drug-likeness (QED) is 0.394. The van der Waals surface area contributed by atoms with Crippen molar-refractivity contribution in [1.29, 1.82) is 0 Å². The van der Waals surface area contributed by atoms with Crippen LogP contribution < -0.4 is 16.7 Å². The number of hydrogen-bond acceptors (Lipinski definition) is 7. The first kappa shape index (κ1) is 14.8. The van der Waals surface area contributed by atoms with Crippen LogP contribution in [-0.4, -0.2) is 32.6 Å². The van der Waals surface area contributed by atoms with E-state index in [-0.39, 0.29) is 5.03 Å². The summed E-state index contributed by atoms with van der Waals surface area (Å²) in [7, 11) is 0. The molecular formula is C11H11N5O4S. The lowest BCUT2D eigenvalue weighted by Gasteiger charge is -2.07. The lowest BCUT2D eigenvalue weighted by Crippen LogP contribution is -2.30. The van der Waals surface area contributed by atoms with Gasteiger partial charge < -0.3 is 4.42 Å². The number of aromatic nitrogens is 3. The Balaban J connectivity index is 1.93. The fourth-order valence-electron chi connectivity index (χ4n) is 1.25. The molecule has 0 aromatic carbocycles. The number of rotatable bonds is 5. The second kappa shape index (κ2) is 6.70. The molecule has 2 aromatic rings. The molecule has 0 spiro atoms. The number of hydrazone groups is 1. The van der Waals surface area contributed by atoms with Crippen LogP contribution in [0.1, 0.15) is 12.7 Å². The Morgan fingerprint density at radius 3 is 3.05 bits per heavy atom. The third kappa shape index (κ3) is 4.18. The van der Waals surface area contributed by atoms with Gasteiger partial charge in [0.1, 0.15) is 5.76 Å². The van der Waals surface area contributed by atoms with E-state index in [0.29, 0.717) is 5.76 Å².